The second-order valence-corrected chi connectivity index (χ2v) is 9.38. The third-order valence-electron chi connectivity index (χ3n) is 4.04. The lowest BCUT2D eigenvalue weighted by Crippen LogP contribution is -3.09. The number of rotatable bonds is 7. The lowest BCUT2D eigenvalue weighted by molar-refractivity contribution is -0.885. The molecule has 6 nitrogen and oxygen atoms in total. The molecule has 0 saturated carbocycles. The Morgan fingerprint density at radius 2 is 1.82 bits per heavy atom. The number of hydrogen-bond donors (Lipinski definition) is 3. The van der Waals surface area contributed by atoms with E-state index in [1.165, 1.54) is 0 Å². The molecule has 1 aromatic heterocycles. The molecule has 0 radical (unpaired) electrons. The normalized spacial score (nSPS) is 12.7. The SMILES string of the molecule is CC(C)NC(=O)C[NH+](C)Cc1nc(-c2ccc(NC(=O)C(C)(C)C)cc2)cs1. The monoisotopic (exact) mass is 403 g/mol. The highest BCUT2D eigenvalue weighted by molar-refractivity contribution is 7.09. The van der Waals surface area contributed by atoms with Gasteiger partial charge in [0, 0.05) is 28.1 Å². The Hall–Kier alpha value is -2.25. The fraction of sp³-hybridized carbons (Fsp3) is 0.476. The third kappa shape index (κ3) is 6.73. The number of hydrogen-bond acceptors (Lipinski definition) is 4. The number of nitrogens with zero attached hydrogens (tertiary/aromatic N) is 1. The van der Waals surface area contributed by atoms with Crippen molar-refractivity contribution in [1.82, 2.24) is 10.3 Å². The molecule has 1 atom stereocenters. The van der Waals surface area contributed by atoms with Gasteiger partial charge in [0.2, 0.25) is 5.91 Å². The molecule has 152 valence electrons. The predicted molar refractivity (Wildman–Crippen MR) is 114 cm³/mol. The Balaban J connectivity index is 1.96. The molecule has 0 bridgehead atoms. The summed E-state index contributed by atoms with van der Waals surface area (Å²) in [6, 6.07) is 7.87. The number of nitrogens with one attached hydrogen (secondary N) is 3. The van der Waals surface area contributed by atoms with E-state index < -0.39 is 5.41 Å². The van der Waals surface area contributed by atoms with Crippen LogP contribution >= 0.6 is 11.3 Å². The number of carbonyl (C=O) groups excluding carboxylic acids is 2. The number of aromatic nitrogens is 1. The highest BCUT2D eigenvalue weighted by Crippen LogP contribution is 2.24. The summed E-state index contributed by atoms with van der Waals surface area (Å²) in [6.45, 7) is 10.7. The van der Waals surface area contributed by atoms with E-state index in [0.29, 0.717) is 13.1 Å². The van der Waals surface area contributed by atoms with E-state index in [9.17, 15) is 9.59 Å². The number of carbonyl (C=O) groups is 2. The molecular formula is C21H31N4O2S+. The zero-order chi connectivity index (χ0) is 20.9. The van der Waals surface area contributed by atoms with Crippen molar-refractivity contribution in [3.63, 3.8) is 0 Å². The summed E-state index contributed by atoms with van der Waals surface area (Å²) in [5, 5.41) is 8.86. The molecule has 2 rings (SSSR count). The topological polar surface area (TPSA) is 75.5 Å². The first-order valence-corrected chi connectivity index (χ1v) is 10.4. The van der Waals surface area contributed by atoms with Gasteiger partial charge >= 0.3 is 0 Å². The number of thiazole rings is 1. The van der Waals surface area contributed by atoms with Crippen LogP contribution in [0.1, 0.15) is 39.6 Å². The van der Waals surface area contributed by atoms with Crippen LogP contribution in [0.5, 0.6) is 0 Å². The van der Waals surface area contributed by atoms with E-state index in [1.807, 2.05) is 71.3 Å². The van der Waals surface area contributed by atoms with Crippen molar-refractivity contribution in [1.29, 1.82) is 0 Å². The van der Waals surface area contributed by atoms with Crippen LogP contribution in [-0.2, 0) is 16.1 Å². The van der Waals surface area contributed by atoms with Gasteiger partial charge in [-0.05, 0) is 26.0 Å². The van der Waals surface area contributed by atoms with Crippen molar-refractivity contribution in [2.75, 3.05) is 18.9 Å². The molecule has 3 N–H and O–H groups in total. The summed E-state index contributed by atoms with van der Waals surface area (Å²) in [4.78, 5) is 29.7. The van der Waals surface area contributed by atoms with Crippen molar-refractivity contribution >= 4 is 28.8 Å². The Morgan fingerprint density at radius 1 is 1.18 bits per heavy atom. The molecule has 0 spiro atoms. The van der Waals surface area contributed by atoms with Crippen molar-refractivity contribution in [2.45, 2.75) is 47.2 Å². The van der Waals surface area contributed by atoms with Crippen LogP contribution in [0.2, 0.25) is 0 Å². The Labute approximate surface area is 171 Å². The maximum atomic E-state index is 12.1. The molecule has 28 heavy (non-hydrogen) atoms. The minimum atomic E-state index is -0.428. The molecule has 1 unspecified atom stereocenters. The number of amides is 2. The van der Waals surface area contributed by atoms with Gasteiger partial charge in [-0.15, -0.1) is 11.3 Å². The van der Waals surface area contributed by atoms with E-state index >= 15 is 0 Å². The number of anilines is 1. The van der Waals surface area contributed by atoms with Crippen LogP contribution in [0.3, 0.4) is 0 Å². The van der Waals surface area contributed by atoms with Gasteiger partial charge in [-0.1, -0.05) is 32.9 Å². The van der Waals surface area contributed by atoms with Crippen LogP contribution in [0.25, 0.3) is 11.3 Å². The first-order valence-electron chi connectivity index (χ1n) is 9.51. The highest BCUT2D eigenvalue weighted by Gasteiger charge is 2.21. The Kier molecular flexibility index (Phi) is 7.32. The first-order chi connectivity index (χ1) is 13.0. The molecule has 0 aliphatic rings. The molecule has 0 aliphatic carbocycles. The van der Waals surface area contributed by atoms with Gasteiger partial charge < -0.3 is 15.5 Å². The highest BCUT2D eigenvalue weighted by atomic mass is 32.1. The summed E-state index contributed by atoms with van der Waals surface area (Å²) in [6.07, 6.45) is 0. The van der Waals surface area contributed by atoms with Gasteiger partial charge in [0.1, 0.15) is 11.6 Å². The smallest absolute Gasteiger partial charge is 0.275 e. The van der Waals surface area contributed by atoms with Gasteiger partial charge in [-0.25, -0.2) is 4.98 Å². The summed E-state index contributed by atoms with van der Waals surface area (Å²) in [5.41, 5.74) is 2.27. The first kappa shape index (κ1) is 22.0. The van der Waals surface area contributed by atoms with Crippen LogP contribution in [0.4, 0.5) is 5.69 Å². The average molecular weight is 404 g/mol. The molecule has 0 fully saturated rings. The second kappa shape index (κ2) is 9.30. The van der Waals surface area contributed by atoms with Crippen LogP contribution in [0, 0.1) is 5.41 Å². The maximum absolute atomic E-state index is 12.1. The zero-order valence-corrected chi connectivity index (χ0v) is 18.4. The van der Waals surface area contributed by atoms with Crippen molar-refractivity contribution < 1.29 is 14.5 Å². The lowest BCUT2D eigenvalue weighted by Gasteiger charge is -2.17. The summed E-state index contributed by atoms with van der Waals surface area (Å²) in [7, 11) is 1.99. The molecule has 7 heteroatoms. The minimum Gasteiger partial charge on any atom is -0.349 e. The molecule has 0 aliphatic heterocycles. The molecule has 2 aromatic rings. The Bertz CT molecular complexity index is 807. The quantitative estimate of drug-likeness (QED) is 0.664. The second-order valence-electron chi connectivity index (χ2n) is 8.44. The summed E-state index contributed by atoms with van der Waals surface area (Å²) >= 11 is 1.60. The zero-order valence-electron chi connectivity index (χ0n) is 17.6. The van der Waals surface area contributed by atoms with E-state index in [2.05, 4.69) is 10.6 Å². The fourth-order valence-corrected chi connectivity index (χ4v) is 3.45. The number of likely N-dealkylation sites (N-methyl/N-ethyl adjacent to an activating group) is 1. The van der Waals surface area contributed by atoms with Crippen LogP contribution in [0.15, 0.2) is 29.6 Å². The standard InChI is InChI=1S/C21H30N4O2S/c1-14(2)22-18(26)11-25(6)12-19-24-17(13-28-19)15-7-9-16(10-8-15)23-20(27)21(3,4)5/h7-10,13-14H,11-12H2,1-6H3,(H,22,26)(H,23,27)/p+1. The van der Waals surface area contributed by atoms with Crippen molar-refractivity contribution in [3.8, 4) is 11.3 Å². The largest absolute Gasteiger partial charge is 0.349 e. The molecule has 2 amide bonds. The molecule has 1 aromatic carbocycles. The number of quaternary nitrogens is 1. The van der Waals surface area contributed by atoms with Gasteiger partial charge in [0.05, 0.1) is 12.7 Å². The predicted octanol–water partition coefficient (Wildman–Crippen LogP) is 2.33. The van der Waals surface area contributed by atoms with Gasteiger partial charge in [0.25, 0.3) is 5.91 Å². The third-order valence-corrected chi connectivity index (χ3v) is 4.89. The maximum Gasteiger partial charge on any atom is 0.275 e. The Morgan fingerprint density at radius 3 is 2.39 bits per heavy atom. The van der Waals surface area contributed by atoms with E-state index in [0.717, 1.165) is 26.9 Å². The molecular weight excluding hydrogens is 372 g/mol. The minimum absolute atomic E-state index is 0.0105. The van der Waals surface area contributed by atoms with E-state index in [4.69, 9.17) is 4.98 Å². The van der Waals surface area contributed by atoms with Crippen LogP contribution in [-0.4, -0.2) is 36.4 Å². The van der Waals surface area contributed by atoms with Crippen LogP contribution < -0.4 is 15.5 Å². The molecule has 1 heterocycles. The van der Waals surface area contributed by atoms with Crippen molar-refractivity contribution in [3.05, 3.63) is 34.7 Å². The van der Waals surface area contributed by atoms with Gasteiger partial charge in [0.15, 0.2) is 6.54 Å². The summed E-state index contributed by atoms with van der Waals surface area (Å²) in [5.74, 6) is 0.0425. The average Bonchev–Trinajstić information content (AvgIpc) is 3.01. The van der Waals surface area contributed by atoms with Gasteiger partial charge in [-0.3, -0.25) is 9.59 Å². The summed E-state index contributed by atoms with van der Waals surface area (Å²) < 4.78 is 0. The number of benzene rings is 1. The van der Waals surface area contributed by atoms with Gasteiger partial charge in [-0.2, -0.15) is 0 Å². The lowest BCUT2D eigenvalue weighted by atomic mass is 9.95. The molecule has 0 saturated heterocycles. The van der Waals surface area contributed by atoms with Crippen molar-refractivity contribution in [2.24, 2.45) is 5.41 Å². The fourth-order valence-electron chi connectivity index (χ4n) is 2.54. The van der Waals surface area contributed by atoms with E-state index in [1.54, 1.807) is 11.3 Å². The van der Waals surface area contributed by atoms with E-state index in [-0.39, 0.29) is 17.9 Å².